The van der Waals surface area contributed by atoms with Gasteiger partial charge in [0, 0.05) is 19.1 Å². The van der Waals surface area contributed by atoms with Gasteiger partial charge in [-0.15, -0.1) is 6.58 Å². The summed E-state index contributed by atoms with van der Waals surface area (Å²) in [4.78, 5) is 13.5. The van der Waals surface area contributed by atoms with E-state index in [1.807, 2.05) is 11.0 Å². The SMILES string of the molecule is C=C[C@@H](CCC)NC(=O)N1CCCC1. The Morgan fingerprint density at radius 3 is 2.71 bits per heavy atom. The molecule has 1 fully saturated rings. The first-order valence-electron chi connectivity index (χ1n) is 5.46. The largest absolute Gasteiger partial charge is 0.332 e. The third-order valence-electron chi connectivity index (χ3n) is 2.59. The van der Waals surface area contributed by atoms with Crippen molar-refractivity contribution < 1.29 is 4.79 Å². The van der Waals surface area contributed by atoms with Crippen LogP contribution in [-0.4, -0.2) is 30.1 Å². The first-order chi connectivity index (χ1) is 6.77. The Kier molecular flexibility index (Phi) is 4.50. The van der Waals surface area contributed by atoms with E-state index in [9.17, 15) is 4.79 Å². The maximum atomic E-state index is 11.7. The zero-order valence-corrected chi connectivity index (χ0v) is 8.96. The third kappa shape index (κ3) is 3.05. The summed E-state index contributed by atoms with van der Waals surface area (Å²) in [6.07, 6.45) is 6.14. The van der Waals surface area contributed by atoms with E-state index < -0.39 is 0 Å². The first-order valence-corrected chi connectivity index (χ1v) is 5.46. The number of hydrogen-bond donors (Lipinski definition) is 1. The van der Waals surface area contributed by atoms with E-state index in [2.05, 4.69) is 18.8 Å². The molecule has 14 heavy (non-hydrogen) atoms. The Labute approximate surface area is 86.2 Å². The first kappa shape index (κ1) is 11.1. The van der Waals surface area contributed by atoms with Crippen LogP contribution in [0.4, 0.5) is 4.79 Å². The summed E-state index contributed by atoms with van der Waals surface area (Å²) in [5, 5.41) is 2.98. The molecule has 1 heterocycles. The highest BCUT2D eigenvalue weighted by molar-refractivity contribution is 5.75. The number of nitrogens with one attached hydrogen (secondary N) is 1. The number of hydrogen-bond acceptors (Lipinski definition) is 1. The van der Waals surface area contributed by atoms with Gasteiger partial charge >= 0.3 is 6.03 Å². The summed E-state index contributed by atoms with van der Waals surface area (Å²) in [7, 11) is 0. The lowest BCUT2D eigenvalue weighted by molar-refractivity contribution is 0.206. The summed E-state index contributed by atoms with van der Waals surface area (Å²) < 4.78 is 0. The fourth-order valence-electron chi connectivity index (χ4n) is 1.73. The minimum Gasteiger partial charge on any atom is -0.332 e. The monoisotopic (exact) mass is 196 g/mol. The lowest BCUT2D eigenvalue weighted by Crippen LogP contribution is -2.42. The highest BCUT2D eigenvalue weighted by Crippen LogP contribution is 2.08. The number of carbonyl (C=O) groups excluding carboxylic acids is 1. The molecular formula is C11H20N2O. The number of rotatable bonds is 4. The zero-order chi connectivity index (χ0) is 10.4. The Hall–Kier alpha value is -0.990. The van der Waals surface area contributed by atoms with Crippen molar-refractivity contribution in [3.05, 3.63) is 12.7 Å². The van der Waals surface area contributed by atoms with E-state index in [1.54, 1.807) is 0 Å². The van der Waals surface area contributed by atoms with Crippen LogP contribution in [0.15, 0.2) is 12.7 Å². The molecule has 0 bridgehead atoms. The van der Waals surface area contributed by atoms with E-state index >= 15 is 0 Å². The Morgan fingerprint density at radius 2 is 2.21 bits per heavy atom. The van der Waals surface area contributed by atoms with Crippen LogP contribution in [0, 0.1) is 0 Å². The van der Waals surface area contributed by atoms with Crippen LogP contribution < -0.4 is 5.32 Å². The topological polar surface area (TPSA) is 32.3 Å². The predicted molar refractivity (Wildman–Crippen MR) is 58.2 cm³/mol. The molecule has 0 aromatic carbocycles. The van der Waals surface area contributed by atoms with Crippen LogP contribution in [0.5, 0.6) is 0 Å². The van der Waals surface area contributed by atoms with Gasteiger partial charge in [-0.2, -0.15) is 0 Å². The molecule has 1 N–H and O–H groups in total. The number of amides is 2. The molecule has 2 amide bonds. The van der Waals surface area contributed by atoms with Gasteiger partial charge in [0.05, 0.1) is 0 Å². The van der Waals surface area contributed by atoms with Crippen molar-refractivity contribution in [2.75, 3.05) is 13.1 Å². The summed E-state index contributed by atoms with van der Waals surface area (Å²) >= 11 is 0. The van der Waals surface area contributed by atoms with E-state index in [0.29, 0.717) is 0 Å². The second kappa shape index (κ2) is 5.68. The Balaban J connectivity index is 2.33. The lowest BCUT2D eigenvalue weighted by atomic mass is 10.2. The Bertz CT molecular complexity index is 197. The molecular weight excluding hydrogens is 176 g/mol. The molecule has 1 aliphatic heterocycles. The molecule has 0 spiro atoms. The zero-order valence-electron chi connectivity index (χ0n) is 8.96. The molecule has 1 aliphatic rings. The maximum Gasteiger partial charge on any atom is 0.317 e. The molecule has 0 radical (unpaired) electrons. The minimum absolute atomic E-state index is 0.0702. The van der Waals surface area contributed by atoms with Crippen LogP contribution in [0.2, 0.25) is 0 Å². The number of likely N-dealkylation sites (tertiary alicyclic amines) is 1. The van der Waals surface area contributed by atoms with Crippen molar-refractivity contribution in [2.24, 2.45) is 0 Å². The molecule has 0 aromatic heterocycles. The highest BCUT2D eigenvalue weighted by atomic mass is 16.2. The summed E-state index contributed by atoms with van der Waals surface area (Å²) in [6, 6.07) is 0.203. The molecule has 0 saturated carbocycles. The maximum absolute atomic E-state index is 11.7. The van der Waals surface area contributed by atoms with Crippen LogP contribution in [0.1, 0.15) is 32.6 Å². The predicted octanol–water partition coefficient (Wildman–Crippen LogP) is 2.15. The second-order valence-corrected chi connectivity index (χ2v) is 3.77. The summed E-state index contributed by atoms with van der Waals surface area (Å²) in [6.45, 7) is 7.64. The van der Waals surface area contributed by atoms with Gasteiger partial charge in [-0.3, -0.25) is 0 Å². The van der Waals surface area contributed by atoms with Crippen molar-refractivity contribution in [1.82, 2.24) is 10.2 Å². The van der Waals surface area contributed by atoms with Gasteiger partial charge in [-0.25, -0.2) is 4.79 Å². The second-order valence-electron chi connectivity index (χ2n) is 3.77. The fraction of sp³-hybridized carbons (Fsp3) is 0.727. The van der Waals surface area contributed by atoms with Crippen molar-refractivity contribution in [2.45, 2.75) is 38.6 Å². The number of carbonyl (C=O) groups is 1. The molecule has 1 atom stereocenters. The van der Waals surface area contributed by atoms with Crippen LogP contribution in [0.3, 0.4) is 0 Å². The standard InChI is InChI=1S/C11H20N2O/c1-3-7-10(4-2)12-11(14)13-8-5-6-9-13/h4,10H,2-3,5-9H2,1H3,(H,12,14)/t10-/m0/s1. The van der Waals surface area contributed by atoms with Gasteiger partial charge in [-0.1, -0.05) is 19.4 Å². The average Bonchev–Trinajstić information content (AvgIpc) is 2.69. The van der Waals surface area contributed by atoms with E-state index in [4.69, 9.17) is 0 Å². The van der Waals surface area contributed by atoms with Gasteiger partial charge in [0.2, 0.25) is 0 Å². The van der Waals surface area contributed by atoms with E-state index in [0.717, 1.165) is 38.8 Å². The molecule has 3 nitrogen and oxygen atoms in total. The quantitative estimate of drug-likeness (QED) is 0.686. The molecule has 3 heteroatoms. The van der Waals surface area contributed by atoms with Gasteiger partial charge in [0.25, 0.3) is 0 Å². The molecule has 80 valence electrons. The summed E-state index contributed by atoms with van der Waals surface area (Å²) in [5.74, 6) is 0. The highest BCUT2D eigenvalue weighted by Gasteiger charge is 2.18. The van der Waals surface area contributed by atoms with Crippen molar-refractivity contribution >= 4 is 6.03 Å². The summed E-state index contributed by atoms with van der Waals surface area (Å²) in [5.41, 5.74) is 0. The third-order valence-corrected chi connectivity index (χ3v) is 2.59. The van der Waals surface area contributed by atoms with Gasteiger partial charge in [0.1, 0.15) is 0 Å². The van der Waals surface area contributed by atoms with Crippen LogP contribution in [-0.2, 0) is 0 Å². The van der Waals surface area contributed by atoms with Gasteiger partial charge in [0.15, 0.2) is 0 Å². The smallest absolute Gasteiger partial charge is 0.317 e. The molecule has 0 aromatic rings. The van der Waals surface area contributed by atoms with Gasteiger partial charge < -0.3 is 10.2 Å². The number of nitrogens with zero attached hydrogens (tertiary/aromatic N) is 1. The minimum atomic E-state index is 0.0702. The van der Waals surface area contributed by atoms with Crippen molar-refractivity contribution in [1.29, 1.82) is 0 Å². The van der Waals surface area contributed by atoms with Gasteiger partial charge in [-0.05, 0) is 19.3 Å². The van der Waals surface area contributed by atoms with Crippen molar-refractivity contribution in [3.8, 4) is 0 Å². The number of urea groups is 1. The van der Waals surface area contributed by atoms with Crippen LogP contribution in [0.25, 0.3) is 0 Å². The van der Waals surface area contributed by atoms with Crippen LogP contribution >= 0.6 is 0 Å². The molecule has 1 saturated heterocycles. The molecule has 0 unspecified atom stereocenters. The Morgan fingerprint density at radius 1 is 1.57 bits per heavy atom. The normalized spacial score (nSPS) is 17.9. The average molecular weight is 196 g/mol. The molecule has 1 rings (SSSR count). The van der Waals surface area contributed by atoms with E-state index in [1.165, 1.54) is 0 Å². The molecule has 0 aliphatic carbocycles. The van der Waals surface area contributed by atoms with Crippen molar-refractivity contribution in [3.63, 3.8) is 0 Å². The lowest BCUT2D eigenvalue weighted by Gasteiger charge is -2.20. The van der Waals surface area contributed by atoms with E-state index in [-0.39, 0.29) is 12.1 Å². The fourth-order valence-corrected chi connectivity index (χ4v) is 1.73.